The third-order valence-corrected chi connectivity index (χ3v) is 4.19. The number of pyridine rings is 1. The van der Waals surface area contributed by atoms with Crippen molar-refractivity contribution in [3.8, 4) is 22.8 Å². The summed E-state index contributed by atoms with van der Waals surface area (Å²) in [5.41, 5.74) is 2.84. The molecule has 0 spiro atoms. The van der Waals surface area contributed by atoms with Gasteiger partial charge in [-0.2, -0.15) is 0 Å². The lowest BCUT2D eigenvalue weighted by atomic mass is 10.0. The molecule has 136 valence electrons. The van der Waals surface area contributed by atoms with E-state index in [2.05, 4.69) is 20.2 Å². The van der Waals surface area contributed by atoms with Crippen LogP contribution in [0, 0.1) is 5.82 Å². The van der Waals surface area contributed by atoms with Gasteiger partial charge in [-0.1, -0.05) is 36.4 Å². The van der Waals surface area contributed by atoms with Crippen LogP contribution in [0.1, 0.15) is 16.1 Å². The van der Waals surface area contributed by atoms with Crippen LogP contribution < -0.4 is 0 Å². The minimum Gasteiger partial charge on any atom is -0.294 e. The molecule has 2 heterocycles. The molecule has 0 bridgehead atoms. The van der Waals surface area contributed by atoms with E-state index in [0.717, 1.165) is 5.56 Å². The van der Waals surface area contributed by atoms with Crippen LogP contribution in [0.4, 0.5) is 4.39 Å². The van der Waals surface area contributed by atoms with Crippen molar-refractivity contribution in [1.29, 1.82) is 0 Å². The van der Waals surface area contributed by atoms with E-state index in [9.17, 15) is 9.18 Å². The van der Waals surface area contributed by atoms with Crippen LogP contribution in [0.2, 0.25) is 0 Å². The number of Topliss-reactive ketones (excluding diaryl/α,β-unsaturated/α-hetero) is 1. The summed E-state index contributed by atoms with van der Waals surface area (Å²) in [7, 11) is 0. The molecule has 0 saturated heterocycles. The number of rotatable bonds is 5. The number of aromatic nitrogens is 4. The SMILES string of the molecule is O=C(Cc1nc(-c2ccccn2)nnc1-c1ccccc1)c1ccc(F)cc1. The molecule has 0 radical (unpaired) electrons. The Morgan fingerprint density at radius 2 is 1.61 bits per heavy atom. The summed E-state index contributed by atoms with van der Waals surface area (Å²) in [4.78, 5) is 21.5. The number of carbonyl (C=O) groups is 1. The Hall–Kier alpha value is -3.80. The second-order valence-electron chi connectivity index (χ2n) is 6.12. The van der Waals surface area contributed by atoms with Gasteiger partial charge in [0.15, 0.2) is 5.78 Å². The number of nitrogens with zero attached hydrogens (tertiary/aromatic N) is 4. The van der Waals surface area contributed by atoms with E-state index in [1.54, 1.807) is 18.3 Å². The number of halogens is 1. The van der Waals surface area contributed by atoms with Gasteiger partial charge in [-0.25, -0.2) is 9.37 Å². The maximum atomic E-state index is 13.2. The van der Waals surface area contributed by atoms with E-state index in [0.29, 0.717) is 28.5 Å². The average Bonchev–Trinajstić information content (AvgIpc) is 2.75. The van der Waals surface area contributed by atoms with E-state index in [4.69, 9.17) is 0 Å². The molecule has 4 aromatic rings. The summed E-state index contributed by atoms with van der Waals surface area (Å²) in [6.45, 7) is 0. The molecule has 0 N–H and O–H groups in total. The van der Waals surface area contributed by atoms with Gasteiger partial charge in [0.25, 0.3) is 0 Å². The van der Waals surface area contributed by atoms with Crippen LogP contribution in [-0.4, -0.2) is 25.9 Å². The molecule has 0 aliphatic rings. The van der Waals surface area contributed by atoms with Gasteiger partial charge < -0.3 is 0 Å². The van der Waals surface area contributed by atoms with Crippen LogP contribution in [0.5, 0.6) is 0 Å². The highest BCUT2D eigenvalue weighted by molar-refractivity contribution is 5.98. The third-order valence-electron chi connectivity index (χ3n) is 4.19. The van der Waals surface area contributed by atoms with Crippen molar-refractivity contribution >= 4 is 5.78 Å². The summed E-state index contributed by atoms with van der Waals surface area (Å²) < 4.78 is 13.2. The molecule has 0 fully saturated rings. The average molecular weight is 370 g/mol. The Balaban J connectivity index is 1.75. The van der Waals surface area contributed by atoms with Crippen LogP contribution in [0.3, 0.4) is 0 Å². The van der Waals surface area contributed by atoms with E-state index < -0.39 is 0 Å². The lowest BCUT2D eigenvalue weighted by Crippen LogP contribution is -2.10. The van der Waals surface area contributed by atoms with Crippen LogP contribution in [0.15, 0.2) is 79.0 Å². The molecule has 6 heteroatoms. The van der Waals surface area contributed by atoms with Gasteiger partial charge in [-0.05, 0) is 36.4 Å². The fourth-order valence-corrected chi connectivity index (χ4v) is 2.80. The van der Waals surface area contributed by atoms with Crippen molar-refractivity contribution < 1.29 is 9.18 Å². The van der Waals surface area contributed by atoms with Crippen molar-refractivity contribution in [2.45, 2.75) is 6.42 Å². The molecule has 5 nitrogen and oxygen atoms in total. The van der Waals surface area contributed by atoms with Gasteiger partial charge in [0.05, 0.1) is 12.1 Å². The lowest BCUT2D eigenvalue weighted by molar-refractivity contribution is 0.0992. The topological polar surface area (TPSA) is 68.6 Å². The fourth-order valence-electron chi connectivity index (χ4n) is 2.80. The summed E-state index contributed by atoms with van der Waals surface area (Å²) >= 11 is 0. The fraction of sp³-hybridized carbons (Fsp3) is 0.0455. The molecule has 0 aliphatic carbocycles. The first kappa shape index (κ1) is 17.6. The van der Waals surface area contributed by atoms with Crippen LogP contribution >= 0.6 is 0 Å². The first-order chi connectivity index (χ1) is 13.7. The summed E-state index contributed by atoms with van der Waals surface area (Å²) in [6.07, 6.45) is 1.67. The molecule has 2 aromatic heterocycles. The minimum atomic E-state index is -0.386. The highest BCUT2D eigenvalue weighted by Gasteiger charge is 2.17. The molecule has 0 amide bonds. The Morgan fingerprint density at radius 1 is 0.857 bits per heavy atom. The summed E-state index contributed by atoms with van der Waals surface area (Å²) in [6, 6.07) is 20.3. The Bertz CT molecular complexity index is 1100. The van der Waals surface area contributed by atoms with E-state index >= 15 is 0 Å². The van der Waals surface area contributed by atoms with Crippen molar-refractivity contribution in [2.75, 3.05) is 0 Å². The van der Waals surface area contributed by atoms with Gasteiger partial charge in [-0.15, -0.1) is 10.2 Å². The van der Waals surface area contributed by atoms with Gasteiger partial charge in [0, 0.05) is 17.3 Å². The predicted molar refractivity (Wildman–Crippen MR) is 103 cm³/mol. The van der Waals surface area contributed by atoms with Crippen LogP contribution in [0.25, 0.3) is 22.8 Å². The second kappa shape index (κ2) is 7.84. The molecule has 2 aromatic carbocycles. The maximum Gasteiger partial charge on any atom is 0.200 e. The number of hydrogen-bond acceptors (Lipinski definition) is 5. The lowest BCUT2D eigenvalue weighted by Gasteiger charge is -2.09. The van der Waals surface area contributed by atoms with Gasteiger partial charge in [-0.3, -0.25) is 9.78 Å². The number of hydrogen-bond donors (Lipinski definition) is 0. The van der Waals surface area contributed by atoms with Gasteiger partial charge in [0.1, 0.15) is 17.2 Å². The zero-order valence-electron chi connectivity index (χ0n) is 14.8. The predicted octanol–water partition coefficient (Wildman–Crippen LogP) is 4.17. The zero-order valence-corrected chi connectivity index (χ0v) is 14.8. The third kappa shape index (κ3) is 3.81. The molecular weight excluding hydrogens is 355 g/mol. The quantitative estimate of drug-likeness (QED) is 0.493. The molecule has 0 unspecified atom stereocenters. The smallest absolute Gasteiger partial charge is 0.200 e. The van der Waals surface area contributed by atoms with E-state index in [1.807, 2.05) is 36.4 Å². The van der Waals surface area contributed by atoms with Gasteiger partial charge >= 0.3 is 0 Å². The van der Waals surface area contributed by atoms with Crippen molar-refractivity contribution in [3.05, 3.63) is 96.1 Å². The van der Waals surface area contributed by atoms with Gasteiger partial charge in [0.2, 0.25) is 5.82 Å². The van der Waals surface area contributed by atoms with Crippen molar-refractivity contribution in [3.63, 3.8) is 0 Å². The number of benzene rings is 2. The van der Waals surface area contributed by atoms with E-state index in [-0.39, 0.29) is 18.0 Å². The van der Waals surface area contributed by atoms with Crippen LogP contribution in [-0.2, 0) is 6.42 Å². The number of carbonyl (C=O) groups excluding carboxylic acids is 1. The molecular formula is C22H15FN4O. The minimum absolute atomic E-state index is 0.0191. The standard InChI is InChI=1S/C22H15FN4O/c23-17-11-9-15(10-12-17)20(28)14-19-21(16-6-2-1-3-7-16)26-27-22(25-19)18-8-4-5-13-24-18/h1-13H,14H2. The molecule has 0 atom stereocenters. The Labute approximate surface area is 161 Å². The van der Waals surface area contributed by atoms with E-state index in [1.165, 1.54) is 24.3 Å². The molecule has 4 rings (SSSR count). The van der Waals surface area contributed by atoms with Crippen molar-refractivity contribution in [2.24, 2.45) is 0 Å². The summed E-state index contributed by atoms with van der Waals surface area (Å²) in [5.74, 6) is -0.213. The normalized spacial score (nSPS) is 10.6. The molecule has 0 saturated carbocycles. The first-order valence-corrected chi connectivity index (χ1v) is 8.70. The highest BCUT2D eigenvalue weighted by Crippen LogP contribution is 2.23. The molecule has 28 heavy (non-hydrogen) atoms. The maximum absolute atomic E-state index is 13.2. The largest absolute Gasteiger partial charge is 0.294 e. The zero-order chi connectivity index (χ0) is 19.3. The first-order valence-electron chi connectivity index (χ1n) is 8.70. The molecule has 0 aliphatic heterocycles. The second-order valence-corrected chi connectivity index (χ2v) is 6.12. The number of ketones is 1. The van der Waals surface area contributed by atoms with Crippen molar-refractivity contribution in [1.82, 2.24) is 20.2 Å². The summed E-state index contributed by atoms with van der Waals surface area (Å²) in [5, 5.41) is 8.51. The highest BCUT2D eigenvalue weighted by atomic mass is 19.1. The Kier molecular flexibility index (Phi) is 4.93. The monoisotopic (exact) mass is 370 g/mol. The Morgan fingerprint density at radius 3 is 2.32 bits per heavy atom.